The van der Waals surface area contributed by atoms with Gasteiger partial charge in [0, 0.05) is 38.8 Å². The maximum Gasteiger partial charge on any atom is 0.253 e. The molecule has 2 aromatic carbocycles. The van der Waals surface area contributed by atoms with Crippen molar-refractivity contribution in [3.63, 3.8) is 0 Å². The van der Waals surface area contributed by atoms with E-state index in [-0.39, 0.29) is 36.0 Å². The number of benzene rings is 2. The van der Waals surface area contributed by atoms with Crippen molar-refractivity contribution >= 4 is 35.8 Å². The van der Waals surface area contributed by atoms with Gasteiger partial charge in [-0.15, -0.1) is 24.0 Å². The molecule has 2 saturated heterocycles. The van der Waals surface area contributed by atoms with Crippen molar-refractivity contribution in [1.29, 1.82) is 0 Å². The van der Waals surface area contributed by atoms with E-state index in [2.05, 4.69) is 52.5 Å². The second-order valence-electron chi connectivity index (χ2n) is 8.62. The highest BCUT2D eigenvalue weighted by molar-refractivity contribution is 14.0. The van der Waals surface area contributed by atoms with Crippen LogP contribution in [0.25, 0.3) is 0 Å². The van der Waals surface area contributed by atoms with Crippen LogP contribution in [0.3, 0.4) is 0 Å². The number of ether oxygens (including phenoxy) is 1. The molecule has 0 saturated carbocycles. The third-order valence-corrected chi connectivity index (χ3v) is 6.38. The molecule has 0 radical (unpaired) electrons. The number of amides is 1. The number of piperidine rings is 1. The van der Waals surface area contributed by atoms with Gasteiger partial charge in [0.1, 0.15) is 6.10 Å². The van der Waals surface area contributed by atoms with E-state index in [4.69, 9.17) is 4.74 Å². The number of likely N-dealkylation sites (tertiary alicyclic amines) is 1. The minimum atomic E-state index is 0. The largest absolute Gasteiger partial charge is 0.370 e. The zero-order valence-corrected chi connectivity index (χ0v) is 22.0. The molecule has 1 unspecified atom stereocenters. The minimum absolute atomic E-state index is 0. The lowest BCUT2D eigenvalue weighted by Gasteiger charge is -2.35. The normalized spacial score (nSPS) is 19.1. The van der Waals surface area contributed by atoms with Gasteiger partial charge >= 0.3 is 0 Å². The van der Waals surface area contributed by atoms with Crippen LogP contribution in [0.4, 0.5) is 0 Å². The first kappa shape index (κ1) is 25.5. The highest BCUT2D eigenvalue weighted by atomic mass is 127. The van der Waals surface area contributed by atoms with Gasteiger partial charge in [0.15, 0.2) is 5.96 Å². The van der Waals surface area contributed by atoms with Crippen molar-refractivity contribution in [3.05, 3.63) is 70.8 Å². The van der Waals surface area contributed by atoms with Crippen LogP contribution in [-0.4, -0.2) is 61.5 Å². The minimum Gasteiger partial charge on any atom is -0.370 e. The van der Waals surface area contributed by atoms with E-state index in [1.54, 1.807) is 0 Å². The SMILES string of the molecule is CN=C(NCc1cccc(C(=O)N2CCCCC2)c1)N1CCOC(c2ccccc2C)C1.I. The lowest BCUT2D eigenvalue weighted by Crippen LogP contribution is -2.48. The monoisotopic (exact) mass is 562 g/mol. The lowest BCUT2D eigenvalue weighted by atomic mass is 10.0. The standard InChI is InChI=1S/C26H34N4O2.HI/c1-20-9-4-5-12-23(20)24-19-30(15-16-32-24)26(27-2)28-18-21-10-8-11-22(17-21)25(31)29-13-6-3-7-14-29;/h4-5,8-12,17,24H,3,6-7,13-16,18-19H2,1-2H3,(H,27,28);1H. The summed E-state index contributed by atoms with van der Waals surface area (Å²) < 4.78 is 6.07. The second kappa shape index (κ2) is 12.4. The Kier molecular flexibility index (Phi) is 9.55. The first-order chi connectivity index (χ1) is 15.7. The Morgan fingerprint density at radius 3 is 2.61 bits per heavy atom. The van der Waals surface area contributed by atoms with Gasteiger partial charge in [0.05, 0.1) is 13.2 Å². The lowest BCUT2D eigenvalue weighted by molar-refractivity contribution is -0.00834. The predicted octanol–water partition coefficient (Wildman–Crippen LogP) is 4.39. The van der Waals surface area contributed by atoms with Crippen LogP contribution in [0.2, 0.25) is 0 Å². The Balaban J connectivity index is 0.00000306. The van der Waals surface area contributed by atoms with Gasteiger partial charge in [-0.1, -0.05) is 36.4 Å². The summed E-state index contributed by atoms with van der Waals surface area (Å²) in [5.74, 6) is 1.00. The summed E-state index contributed by atoms with van der Waals surface area (Å²) >= 11 is 0. The molecular formula is C26H35IN4O2. The van der Waals surface area contributed by atoms with Crippen LogP contribution in [0.1, 0.15) is 52.4 Å². The van der Waals surface area contributed by atoms with Crippen LogP contribution in [0.15, 0.2) is 53.5 Å². The summed E-state index contributed by atoms with van der Waals surface area (Å²) in [5, 5.41) is 3.48. The molecule has 4 rings (SSSR count). The van der Waals surface area contributed by atoms with Crippen LogP contribution in [0, 0.1) is 6.92 Å². The Morgan fingerprint density at radius 2 is 1.85 bits per heavy atom. The summed E-state index contributed by atoms with van der Waals surface area (Å²) in [6, 6.07) is 16.4. The average molecular weight is 562 g/mol. The van der Waals surface area contributed by atoms with Gasteiger partial charge in [-0.05, 0) is 55.0 Å². The number of aliphatic imine (C=N–C) groups is 1. The fourth-order valence-electron chi connectivity index (χ4n) is 4.59. The number of halogens is 1. The fraction of sp³-hybridized carbons (Fsp3) is 0.462. The Labute approximate surface area is 214 Å². The van der Waals surface area contributed by atoms with Gasteiger partial charge in [-0.25, -0.2) is 0 Å². The molecule has 178 valence electrons. The molecule has 33 heavy (non-hydrogen) atoms. The zero-order chi connectivity index (χ0) is 22.3. The predicted molar refractivity (Wildman–Crippen MR) is 143 cm³/mol. The number of carbonyl (C=O) groups excluding carboxylic acids is 1. The summed E-state index contributed by atoms with van der Waals surface area (Å²) in [6.07, 6.45) is 3.46. The average Bonchev–Trinajstić information content (AvgIpc) is 2.85. The molecule has 2 aliphatic heterocycles. The Morgan fingerprint density at radius 1 is 1.06 bits per heavy atom. The second-order valence-corrected chi connectivity index (χ2v) is 8.62. The molecule has 6 nitrogen and oxygen atoms in total. The number of carbonyl (C=O) groups is 1. The van der Waals surface area contributed by atoms with Crippen molar-refractivity contribution in [2.24, 2.45) is 4.99 Å². The van der Waals surface area contributed by atoms with E-state index >= 15 is 0 Å². The van der Waals surface area contributed by atoms with Crippen LogP contribution < -0.4 is 5.32 Å². The molecular weight excluding hydrogens is 527 g/mol. The molecule has 2 fully saturated rings. The highest BCUT2D eigenvalue weighted by Crippen LogP contribution is 2.25. The maximum absolute atomic E-state index is 12.9. The molecule has 0 aliphatic carbocycles. The van der Waals surface area contributed by atoms with Gasteiger partial charge in [-0.2, -0.15) is 0 Å². The quantitative estimate of drug-likeness (QED) is 0.342. The fourth-order valence-corrected chi connectivity index (χ4v) is 4.59. The van der Waals surface area contributed by atoms with Crippen molar-refractivity contribution in [2.45, 2.75) is 38.8 Å². The van der Waals surface area contributed by atoms with E-state index in [0.29, 0.717) is 13.2 Å². The van der Waals surface area contributed by atoms with E-state index in [1.165, 1.54) is 17.5 Å². The maximum atomic E-state index is 12.9. The molecule has 2 heterocycles. The number of guanidine groups is 1. The van der Waals surface area contributed by atoms with Crippen molar-refractivity contribution in [1.82, 2.24) is 15.1 Å². The first-order valence-electron chi connectivity index (χ1n) is 11.7. The first-order valence-corrected chi connectivity index (χ1v) is 11.7. The van der Waals surface area contributed by atoms with Gasteiger partial charge in [-0.3, -0.25) is 9.79 Å². The molecule has 0 bridgehead atoms. The molecule has 0 aromatic heterocycles. The highest BCUT2D eigenvalue weighted by Gasteiger charge is 2.25. The summed E-state index contributed by atoms with van der Waals surface area (Å²) in [6.45, 7) is 6.72. The summed E-state index contributed by atoms with van der Waals surface area (Å²) in [4.78, 5) is 21.6. The number of hydrogen-bond donors (Lipinski definition) is 1. The number of rotatable bonds is 4. The van der Waals surface area contributed by atoms with Gasteiger partial charge in [0.2, 0.25) is 0 Å². The smallest absolute Gasteiger partial charge is 0.253 e. The number of nitrogens with one attached hydrogen (secondary N) is 1. The zero-order valence-electron chi connectivity index (χ0n) is 19.6. The van der Waals surface area contributed by atoms with Crippen molar-refractivity contribution < 1.29 is 9.53 Å². The number of hydrogen-bond acceptors (Lipinski definition) is 3. The van der Waals surface area contributed by atoms with Gasteiger partial charge in [0.25, 0.3) is 5.91 Å². The van der Waals surface area contributed by atoms with Gasteiger partial charge < -0.3 is 19.9 Å². The Hall–Kier alpha value is -2.13. The molecule has 7 heteroatoms. The molecule has 0 spiro atoms. The molecule has 2 aromatic rings. The number of morpholine rings is 1. The van der Waals surface area contributed by atoms with Crippen LogP contribution in [0.5, 0.6) is 0 Å². The summed E-state index contributed by atoms with van der Waals surface area (Å²) in [7, 11) is 1.82. The van der Waals surface area contributed by atoms with Crippen LogP contribution >= 0.6 is 24.0 Å². The topological polar surface area (TPSA) is 57.2 Å². The number of nitrogens with zero attached hydrogens (tertiary/aromatic N) is 3. The van der Waals surface area contributed by atoms with Crippen LogP contribution in [-0.2, 0) is 11.3 Å². The van der Waals surface area contributed by atoms with Crippen molar-refractivity contribution in [2.75, 3.05) is 39.8 Å². The third-order valence-electron chi connectivity index (χ3n) is 6.38. The molecule has 1 N–H and O–H groups in total. The van der Waals surface area contributed by atoms with Crippen molar-refractivity contribution in [3.8, 4) is 0 Å². The molecule has 1 atom stereocenters. The molecule has 1 amide bonds. The Bertz CT molecular complexity index is 959. The summed E-state index contributed by atoms with van der Waals surface area (Å²) in [5.41, 5.74) is 4.33. The van der Waals surface area contributed by atoms with E-state index < -0.39 is 0 Å². The number of aryl methyl sites for hydroxylation is 1. The van der Waals surface area contributed by atoms with E-state index in [1.807, 2.05) is 30.1 Å². The third kappa shape index (κ3) is 6.47. The molecule has 2 aliphatic rings. The van der Waals surface area contributed by atoms with E-state index in [9.17, 15) is 4.79 Å². The van der Waals surface area contributed by atoms with E-state index in [0.717, 1.165) is 56.1 Å².